The van der Waals surface area contributed by atoms with Crippen molar-refractivity contribution in [1.29, 1.82) is 0 Å². The molecule has 0 aliphatic carbocycles. The average Bonchev–Trinajstić information content (AvgIpc) is 3.50. The van der Waals surface area contributed by atoms with Gasteiger partial charge in [-0.15, -0.1) is 0 Å². The fourth-order valence-corrected chi connectivity index (χ4v) is 4.78. The fraction of sp³-hybridized carbons (Fsp3) is 0.154. The van der Waals surface area contributed by atoms with E-state index in [1.807, 2.05) is 71.4 Å². The van der Waals surface area contributed by atoms with E-state index in [1.165, 1.54) is 7.11 Å². The predicted octanol–water partition coefficient (Wildman–Crippen LogP) is 4.68. The summed E-state index contributed by atoms with van der Waals surface area (Å²) in [6.45, 7) is -0.00850. The number of hydrogen-bond acceptors (Lipinski definition) is 5. The maximum absolute atomic E-state index is 11.9. The van der Waals surface area contributed by atoms with Crippen molar-refractivity contribution in [3.05, 3.63) is 102 Å². The molecule has 2 N–H and O–H groups in total. The van der Waals surface area contributed by atoms with Crippen molar-refractivity contribution in [2.75, 3.05) is 23.9 Å². The van der Waals surface area contributed by atoms with Crippen LogP contribution in [0.2, 0.25) is 5.02 Å². The van der Waals surface area contributed by atoms with E-state index >= 15 is 0 Å². The minimum atomic E-state index is -0.228. The molecule has 1 aliphatic heterocycles. The third-order valence-electron chi connectivity index (χ3n) is 5.84. The van der Waals surface area contributed by atoms with Gasteiger partial charge in [0.2, 0.25) is 5.91 Å². The van der Waals surface area contributed by atoms with Crippen LogP contribution in [0, 0.1) is 0 Å². The van der Waals surface area contributed by atoms with Crippen molar-refractivity contribution in [2.45, 2.75) is 12.1 Å². The maximum atomic E-state index is 11.9. The number of carbonyl (C=O) groups excluding carboxylic acids is 1. The number of thiocarbonyl (C=S) groups is 1. The lowest BCUT2D eigenvalue weighted by atomic mass is 10.0. The number of benzene rings is 1. The van der Waals surface area contributed by atoms with Gasteiger partial charge in [-0.1, -0.05) is 17.7 Å². The van der Waals surface area contributed by atoms with E-state index in [2.05, 4.69) is 31.6 Å². The van der Waals surface area contributed by atoms with Crippen LogP contribution < -0.4 is 15.5 Å². The Balaban J connectivity index is 1.55. The van der Waals surface area contributed by atoms with E-state index in [0.717, 1.165) is 22.9 Å². The van der Waals surface area contributed by atoms with Gasteiger partial charge in [-0.2, -0.15) is 0 Å². The van der Waals surface area contributed by atoms with Gasteiger partial charge >= 0.3 is 0 Å². The second kappa shape index (κ2) is 10.4. The first-order chi connectivity index (χ1) is 17.5. The highest BCUT2D eigenvalue weighted by Crippen LogP contribution is 2.42. The second-order valence-electron chi connectivity index (χ2n) is 8.16. The first-order valence-corrected chi connectivity index (χ1v) is 12.0. The van der Waals surface area contributed by atoms with Crippen molar-refractivity contribution in [2.24, 2.45) is 0 Å². The van der Waals surface area contributed by atoms with Gasteiger partial charge in [0.1, 0.15) is 18.5 Å². The van der Waals surface area contributed by atoms with E-state index in [4.69, 9.17) is 28.6 Å². The maximum Gasteiger partial charge on any atom is 0.250 e. The number of anilines is 2. The molecule has 2 atom stereocenters. The zero-order valence-electron chi connectivity index (χ0n) is 19.3. The number of ether oxygens (including phenoxy) is 1. The van der Waals surface area contributed by atoms with Gasteiger partial charge in [-0.05, 0) is 72.9 Å². The number of aromatic nitrogens is 3. The van der Waals surface area contributed by atoms with Crippen molar-refractivity contribution in [3.63, 3.8) is 0 Å². The molecule has 0 spiro atoms. The number of nitrogens with zero attached hydrogens (tertiary/aromatic N) is 4. The molecule has 1 amide bonds. The summed E-state index contributed by atoms with van der Waals surface area (Å²) in [5, 5.41) is 7.42. The largest absolute Gasteiger partial charge is 0.375 e. The normalized spacial score (nSPS) is 17.2. The number of hydrogen-bond donors (Lipinski definition) is 2. The van der Waals surface area contributed by atoms with Crippen LogP contribution in [0.1, 0.15) is 23.5 Å². The molecule has 0 radical (unpaired) electrons. The summed E-state index contributed by atoms with van der Waals surface area (Å²) < 4.78 is 6.92. The Morgan fingerprint density at radius 1 is 1.11 bits per heavy atom. The molecule has 0 saturated carbocycles. The Labute approximate surface area is 218 Å². The van der Waals surface area contributed by atoms with Crippen LogP contribution in [0.3, 0.4) is 0 Å². The smallest absolute Gasteiger partial charge is 0.250 e. The number of nitrogens with one attached hydrogen (secondary N) is 2. The molecule has 1 fully saturated rings. The van der Waals surface area contributed by atoms with Crippen LogP contribution in [0.15, 0.2) is 85.3 Å². The lowest BCUT2D eigenvalue weighted by molar-refractivity contribution is -0.119. The van der Waals surface area contributed by atoms with Gasteiger partial charge in [0.15, 0.2) is 5.11 Å². The number of methoxy groups -OCH3 is 1. The number of amides is 1. The summed E-state index contributed by atoms with van der Waals surface area (Å²) in [6, 6.07) is 20.7. The molecule has 4 heterocycles. The van der Waals surface area contributed by atoms with E-state index in [-0.39, 0.29) is 24.6 Å². The third kappa shape index (κ3) is 4.81. The van der Waals surface area contributed by atoms with Crippen LogP contribution in [0.25, 0.3) is 5.82 Å². The summed E-state index contributed by atoms with van der Waals surface area (Å²) >= 11 is 11.9. The Morgan fingerprint density at radius 3 is 2.64 bits per heavy atom. The fourth-order valence-electron chi connectivity index (χ4n) is 4.32. The predicted molar refractivity (Wildman–Crippen MR) is 143 cm³/mol. The summed E-state index contributed by atoms with van der Waals surface area (Å²) in [5.74, 6) is 0.526. The molecule has 4 aromatic rings. The summed E-state index contributed by atoms with van der Waals surface area (Å²) in [6.07, 6.45) is 5.37. The highest BCUT2D eigenvalue weighted by molar-refractivity contribution is 7.80. The lowest BCUT2D eigenvalue weighted by Gasteiger charge is -2.29. The minimum Gasteiger partial charge on any atom is -0.375 e. The third-order valence-corrected chi connectivity index (χ3v) is 6.38. The van der Waals surface area contributed by atoms with E-state index in [1.54, 1.807) is 12.4 Å². The Morgan fingerprint density at radius 2 is 1.94 bits per heavy atom. The van der Waals surface area contributed by atoms with Crippen molar-refractivity contribution >= 4 is 46.2 Å². The first-order valence-electron chi connectivity index (χ1n) is 11.2. The molecule has 0 bridgehead atoms. The number of pyridine rings is 2. The molecule has 1 aromatic carbocycles. The number of halogens is 1. The highest BCUT2D eigenvalue weighted by atomic mass is 35.5. The molecule has 10 heteroatoms. The minimum absolute atomic E-state index is 0.00850. The lowest BCUT2D eigenvalue weighted by Crippen LogP contribution is -2.30. The van der Waals surface area contributed by atoms with E-state index in [9.17, 15) is 4.79 Å². The van der Waals surface area contributed by atoms with E-state index < -0.39 is 0 Å². The molecule has 1 saturated heterocycles. The molecule has 0 unspecified atom stereocenters. The summed E-state index contributed by atoms with van der Waals surface area (Å²) in [5.41, 5.74) is 3.39. The van der Waals surface area contributed by atoms with Crippen LogP contribution in [-0.2, 0) is 9.53 Å². The summed E-state index contributed by atoms with van der Waals surface area (Å²) in [4.78, 5) is 23.1. The molecule has 3 aromatic heterocycles. The topological polar surface area (TPSA) is 84.3 Å². The first kappa shape index (κ1) is 23.9. The molecule has 36 heavy (non-hydrogen) atoms. The van der Waals surface area contributed by atoms with Gasteiger partial charge in [-0.25, -0.2) is 4.98 Å². The van der Waals surface area contributed by atoms with Crippen LogP contribution in [0.5, 0.6) is 0 Å². The quantitative estimate of drug-likeness (QED) is 0.343. The molecule has 1 aliphatic rings. The van der Waals surface area contributed by atoms with Gasteiger partial charge in [0.05, 0.1) is 16.8 Å². The van der Waals surface area contributed by atoms with Crippen LogP contribution in [0.4, 0.5) is 11.4 Å². The molecular weight excluding hydrogens is 496 g/mol. The standard InChI is InChI=1S/C26H23ClN6O2S/c1-35-16-23(34)30-18-8-10-19(11-9-18)33-25(24(31-26(33)36)20-5-2-3-13-28-20)21-6-4-14-32(21)22-12-7-17(27)15-29-22/h2-15,24-25H,16H2,1H3,(H,30,34)(H,31,36)/t24-,25-/m0/s1. The zero-order chi connectivity index (χ0) is 25.1. The molecule has 182 valence electrons. The Kier molecular flexibility index (Phi) is 6.95. The number of carbonyl (C=O) groups is 1. The Bertz CT molecular complexity index is 1360. The van der Waals surface area contributed by atoms with Crippen molar-refractivity contribution in [3.8, 4) is 5.82 Å². The van der Waals surface area contributed by atoms with Gasteiger partial charge in [0, 0.05) is 42.8 Å². The molecule has 8 nitrogen and oxygen atoms in total. The average molecular weight is 519 g/mol. The van der Waals surface area contributed by atoms with Gasteiger partial charge in [0.25, 0.3) is 0 Å². The van der Waals surface area contributed by atoms with Gasteiger partial charge in [-0.3, -0.25) is 9.78 Å². The second-order valence-corrected chi connectivity index (χ2v) is 8.99. The molecule has 5 rings (SSSR count). The molecular formula is C26H23ClN6O2S. The van der Waals surface area contributed by atoms with E-state index in [0.29, 0.717) is 15.8 Å². The summed E-state index contributed by atoms with van der Waals surface area (Å²) in [7, 11) is 1.48. The van der Waals surface area contributed by atoms with Crippen LogP contribution in [-0.4, -0.2) is 39.3 Å². The monoisotopic (exact) mass is 518 g/mol. The van der Waals surface area contributed by atoms with Gasteiger partial charge < -0.3 is 24.8 Å². The Hall–Kier alpha value is -3.79. The highest BCUT2D eigenvalue weighted by Gasteiger charge is 2.42. The zero-order valence-corrected chi connectivity index (χ0v) is 20.9. The van der Waals surface area contributed by atoms with Crippen molar-refractivity contribution in [1.82, 2.24) is 19.9 Å². The SMILES string of the molecule is COCC(=O)Nc1ccc(N2C(=S)N[C@@H](c3ccccn3)[C@@H]2c2cccn2-c2ccc(Cl)cn2)cc1. The number of rotatable bonds is 7. The van der Waals surface area contributed by atoms with Crippen LogP contribution >= 0.6 is 23.8 Å². The van der Waals surface area contributed by atoms with Crippen molar-refractivity contribution < 1.29 is 9.53 Å².